The summed E-state index contributed by atoms with van der Waals surface area (Å²) in [5.41, 5.74) is 1.24. The third kappa shape index (κ3) is 4.04. The number of benzene rings is 2. The molecule has 0 bridgehead atoms. The smallest absolute Gasteiger partial charge is 0.281 e. The average Bonchev–Trinajstić information content (AvgIpc) is 3.47. The van der Waals surface area contributed by atoms with E-state index in [1.807, 2.05) is 47.8 Å². The number of hydrogen-bond acceptors (Lipinski definition) is 7. The molecule has 0 aliphatic carbocycles. The Bertz CT molecular complexity index is 1140. The van der Waals surface area contributed by atoms with E-state index in [4.69, 9.17) is 9.47 Å². The molecule has 2 heterocycles. The fourth-order valence-corrected chi connectivity index (χ4v) is 3.59. The molecule has 0 aliphatic heterocycles. The lowest BCUT2D eigenvalue weighted by molar-refractivity contribution is 0.0947. The Morgan fingerprint density at radius 1 is 1.03 bits per heavy atom. The van der Waals surface area contributed by atoms with Crippen LogP contribution < -0.4 is 14.8 Å². The maximum Gasteiger partial charge on any atom is 0.281 e. The molecule has 4 aromatic rings. The summed E-state index contributed by atoms with van der Waals surface area (Å²) in [6.45, 7) is 0.545. The number of aromatic nitrogens is 3. The highest BCUT2D eigenvalue weighted by Crippen LogP contribution is 2.28. The van der Waals surface area contributed by atoms with Crippen LogP contribution in [0.2, 0.25) is 0 Å². The second-order valence-electron chi connectivity index (χ2n) is 6.34. The van der Waals surface area contributed by atoms with Crippen LogP contribution in [0, 0.1) is 0 Å². The van der Waals surface area contributed by atoms with E-state index in [9.17, 15) is 4.79 Å². The normalized spacial score (nSPS) is 10.6. The largest absolute Gasteiger partial charge is 0.493 e. The zero-order chi connectivity index (χ0) is 20.9. The monoisotopic (exact) mass is 420 g/mol. The maximum absolute atomic E-state index is 13.3. The molecule has 2 aromatic heterocycles. The van der Waals surface area contributed by atoms with E-state index < -0.39 is 0 Å². The summed E-state index contributed by atoms with van der Waals surface area (Å²) in [4.78, 5) is 19.0. The molecule has 30 heavy (non-hydrogen) atoms. The molecule has 0 radical (unpaired) electrons. The van der Waals surface area contributed by atoms with Crippen molar-refractivity contribution in [2.24, 2.45) is 0 Å². The summed E-state index contributed by atoms with van der Waals surface area (Å²) in [5.74, 6) is 1.55. The fourth-order valence-electron chi connectivity index (χ4n) is 2.95. The van der Waals surface area contributed by atoms with Crippen molar-refractivity contribution in [3.8, 4) is 22.9 Å². The Kier molecular flexibility index (Phi) is 5.76. The third-order valence-corrected chi connectivity index (χ3v) is 5.34. The van der Waals surface area contributed by atoms with Crippen LogP contribution in [-0.2, 0) is 6.54 Å². The maximum atomic E-state index is 13.3. The fraction of sp³-hybridized carbons (Fsp3) is 0.136. The van der Waals surface area contributed by atoms with Gasteiger partial charge in [-0.25, -0.2) is 0 Å². The van der Waals surface area contributed by atoms with Gasteiger partial charge in [-0.3, -0.25) is 4.79 Å². The molecule has 0 fully saturated rings. The van der Waals surface area contributed by atoms with E-state index in [1.165, 1.54) is 11.8 Å². The molecular formula is C22H20N4O3S. The van der Waals surface area contributed by atoms with Crippen molar-refractivity contribution in [3.63, 3.8) is 0 Å². The topological polar surface area (TPSA) is 78.3 Å². The second kappa shape index (κ2) is 8.79. The van der Waals surface area contributed by atoms with Gasteiger partial charge in [-0.15, -0.1) is 16.4 Å². The summed E-state index contributed by atoms with van der Waals surface area (Å²) >= 11 is 1.63. The first-order chi connectivity index (χ1) is 14.7. The number of carbonyl (C=O) groups excluding carboxylic acids is 1. The molecule has 0 saturated heterocycles. The average molecular weight is 420 g/mol. The molecule has 4 rings (SSSR count). The van der Waals surface area contributed by atoms with Crippen LogP contribution in [0.25, 0.3) is 11.4 Å². The number of carbonyl (C=O) groups is 1. The van der Waals surface area contributed by atoms with Gasteiger partial charge in [-0.2, -0.15) is 9.67 Å². The van der Waals surface area contributed by atoms with Crippen LogP contribution in [0.3, 0.4) is 0 Å². The van der Waals surface area contributed by atoms with Crippen LogP contribution in [0.15, 0.2) is 66.0 Å². The number of thiophene rings is 1. The van der Waals surface area contributed by atoms with Gasteiger partial charge in [0.2, 0.25) is 5.95 Å². The first-order valence-corrected chi connectivity index (χ1v) is 10.1. The van der Waals surface area contributed by atoms with Crippen molar-refractivity contribution in [1.82, 2.24) is 14.8 Å². The molecular weight excluding hydrogens is 400 g/mol. The van der Waals surface area contributed by atoms with Gasteiger partial charge in [0, 0.05) is 16.0 Å². The number of methoxy groups -OCH3 is 2. The van der Waals surface area contributed by atoms with E-state index in [-0.39, 0.29) is 5.91 Å². The molecule has 0 amide bonds. The highest BCUT2D eigenvalue weighted by molar-refractivity contribution is 7.09. The van der Waals surface area contributed by atoms with Gasteiger partial charge in [-0.05, 0) is 29.6 Å². The van der Waals surface area contributed by atoms with Crippen LogP contribution in [0.1, 0.15) is 15.2 Å². The minimum absolute atomic E-state index is 0.320. The Morgan fingerprint density at radius 2 is 1.83 bits per heavy atom. The van der Waals surface area contributed by atoms with Gasteiger partial charge < -0.3 is 14.8 Å². The van der Waals surface area contributed by atoms with Gasteiger partial charge >= 0.3 is 0 Å². The van der Waals surface area contributed by atoms with Gasteiger partial charge in [0.1, 0.15) is 0 Å². The first-order valence-electron chi connectivity index (χ1n) is 9.25. The number of nitrogens with zero attached hydrogens (tertiary/aromatic N) is 3. The van der Waals surface area contributed by atoms with Crippen molar-refractivity contribution < 1.29 is 14.3 Å². The molecule has 0 atom stereocenters. The number of rotatable bonds is 7. The van der Waals surface area contributed by atoms with Gasteiger partial charge in [0.05, 0.1) is 20.8 Å². The van der Waals surface area contributed by atoms with E-state index in [0.717, 1.165) is 10.4 Å². The highest BCUT2D eigenvalue weighted by atomic mass is 32.1. The summed E-state index contributed by atoms with van der Waals surface area (Å²) in [6, 6.07) is 18.6. The van der Waals surface area contributed by atoms with Crippen LogP contribution in [0.4, 0.5) is 5.95 Å². The highest BCUT2D eigenvalue weighted by Gasteiger charge is 2.20. The van der Waals surface area contributed by atoms with Gasteiger partial charge in [0.15, 0.2) is 17.3 Å². The lowest BCUT2D eigenvalue weighted by Gasteiger charge is -2.10. The Labute approximate surface area is 177 Å². The predicted octanol–water partition coefficient (Wildman–Crippen LogP) is 4.32. The van der Waals surface area contributed by atoms with E-state index in [0.29, 0.717) is 35.4 Å². The summed E-state index contributed by atoms with van der Waals surface area (Å²) in [6.07, 6.45) is 0. The minimum Gasteiger partial charge on any atom is -0.493 e. The zero-order valence-electron chi connectivity index (χ0n) is 16.5. The quantitative estimate of drug-likeness (QED) is 0.480. The Balaban J connectivity index is 1.71. The molecule has 1 N–H and O–H groups in total. The molecule has 8 heteroatoms. The summed E-state index contributed by atoms with van der Waals surface area (Å²) in [7, 11) is 3.08. The molecule has 7 nitrogen and oxygen atoms in total. The number of anilines is 1. The Morgan fingerprint density at radius 3 is 2.53 bits per heavy atom. The van der Waals surface area contributed by atoms with Crippen molar-refractivity contribution in [3.05, 3.63) is 76.5 Å². The lowest BCUT2D eigenvalue weighted by atomic mass is 10.2. The lowest BCUT2D eigenvalue weighted by Crippen LogP contribution is -2.17. The van der Waals surface area contributed by atoms with Crippen molar-refractivity contribution in [2.45, 2.75) is 6.54 Å². The SMILES string of the molecule is COc1ccc(C(=O)n2nc(-c3ccccc3)nc2NCc2cccs2)cc1OC. The van der Waals surface area contributed by atoms with Crippen LogP contribution in [-0.4, -0.2) is 34.9 Å². The summed E-state index contributed by atoms with van der Waals surface area (Å²) < 4.78 is 11.9. The molecule has 2 aromatic carbocycles. The molecule has 0 aliphatic rings. The molecule has 0 spiro atoms. The van der Waals surface area contributed by atoms with Crippen molar-refractivity contribution in [2.75, 3.05) is 19.5 Å². The van der Waals surface area contributed by atoms with Crippen LogP contribution >= 0.6 is 11.3 Å². The first kappa shape index (κ1) is 19.7. The van der Waals surface area contributed by atoms with E-state index in [2.05, 4.69) is 15.4 Å². The summed E-state index contributed by atoms with van der Waals surface area (Å²) in [5, 5.41) is 9.72. The molecule has 0 unspecified atom stereocenters. The zero-order valence-corrected chi connectivity index (χ0v) is 17.3. The van der Waals surface area contributed by atoms with Crippen LogP contribution in [0.5, 0.6) is 11.5 Å². The van der Waals surface area contributed by atoms with Crippen molar-refractivity contribution >= 4 is 23.2 Å². The van der Waals surface area contributed by atoms with Gasteiger partial charge in [0.25, 0.3) is 5.91 Å². The number of nitrogens with one attached hydrogen (secondary N) is 1. The van der Waals surface area contributed by atoms with E-state index >= 15 is 0 Å². The number of hydrogen-bond donors (Lipinski definition) is 1. The minimum atomic E-state index is -0.320. The van der Waals surface area contributed by atoms with E-state index in [1.54, 1.807) is 36.6 Å². The molecule has 152 valence electrons. The standard InChI is InChI=1S/C22H20N4O3S/c1-28-18-11-10-16(13-19(18)29-2)21(27)26-22(23-14-17-9-6-12-30-17)24-20(25-26)15-7-4-3-5-8-15/h3-13H,14H2,1-2H3,(H,23,24,25). The third-order valence-electron chi connectivity index (χ3n) is 4.46. The molecule has 0 saturated carbocycles. The number of ether oxygens (including phenoxy) is 2. The van der Waals surface area contributed by atoms with Gasteiger partial charge in [-0.1, -0.05) is 36.4 Å². The Hall–Kier alpha value is -3.65. The van der Waals surface area contributed by atoms with Crippen molar-refractivity contribution in [1.29, 1.82) is 0 Å². The second-order valence-corrected chi connectivity index (χ2v) is 7.38. The predicted molar refractivity (Wildman–Crippen MR) is 116 cm³/mol.